The Balaban J connectivity index is 1.85. The van der Waals surface area contributed by atoms with E-state index in [0.717, 1.165) is 35.6 Å². The van der Waals surface area contributed by atoms with Gasteiger partial charge in [-0.3, -0.25) is 0 Å². The van der Waals surface area contributed by atoms with Crippen molar-refractivity contribution in [2.24, 2.45) is 0 Å². The molecule has 112 valence electrons. The Hall–Kier alpha value is -2.14. The van der Waals surface area contributed by atoms with Crippen molar-refractivity contribution in [3.05, 3.63) is 41.8 Å². The van der Waals surface area contributed by atoms with Crippen LogP contribution < -0.4 is 4.90 Å². The van der Waals surface area contributed by atoms with Crippen molar-refractivity contribution in [2.75, 3.05) is 18.0 Å². The van der Waals surface area contributed by atoms with Gasteiger partial charge in [0.2, 0.25) is 0 Å². The van der Waals surface area contributed by atoms with Gasteiger partial charge < -0.3 is 4.90 Å². The number of para-hydroxylation sites is 1. The van der Waals surface area contributed by atoms with Gasteiger partial charge in [-0.05, 0) is 31.4 Å². The van der Waals surface area contributed by atoms with Crippen molar-refractivity contribution in [3.63, 3.8) is 0 Å². The van der Waals surface area contributed by atoms with E-state index in [1.165, 1.54) is 19.3 Å². The summed E-state index contributed by atoms with van der Waals surface area (Å²) >= 11 is 6.29. The van der Waals surface area contributed by atoms with Crippen LogP contribution in [0.1, 0.15) is 19.3 Å². The summed E-state index contributed by atoms with van der Waals surface area (Å²) in [5, 5.41) is 6.12. The van der Waals surface area contributed by atoms with Crippen LogP contribution in [0.4, 0.5) is 5.82 Å². The third kappa shape index (κ3) is 2.22. The molecule has 0 N–H and O–H groups in total. The summed E-state index contributed by atoms with van der Waals surface area (Å²) < 4.78 is 1.78. The monoisotopic (exact) mass is 313 g/mol. The fourth-order valence-electron chi connectivity index (χ4n) is 2.99. The number of aromatic nitrogens is 4. The Labute approximate surface area is 133 Å². The summed E-state index contributed by atoms with van der Waals surface area (Å²) in [7, 11) is 0. The molecule has 22 heavy (non-hydrogen) atoms. The normalized spacial score (nSPS) is 15.4. The molecule has 0 unspecified atom stereocenters. The molecular weight excluding hydrogens is 298 g/mol. The number of piperidine rings is 1. The zero-order valence-corrected chi connectivity index (χ0v) is 12.9. The maximum atomic E-state index is 6.29. The quantitative estimate of drug-likeness (QED) is 0.727. The maximum Gasteiger partial charge on any atom is 0.168 e. The van der Waals surface area contributed by atoms with Gasteiger partial charge in [0.15, 0.2) is 5.65 Å². The van der Waals surface area contributed by atoms with Gasteiger partial charge in [0.25, 0.3) is 0 Å². The second-order valence-electron chi connectivity index (χ2n) is 5.49. The Morgan fingerprint density at radius 1 is 1.00 bits per heavy atom. The smallest absolute Gasteiger partial charge is 0.168 e. The number of fused-ring (bicyclic) bond motifs is 1. The highest BCUT2D eigenvalue weighted by Gasteiger charge is 2.18. The average molecular weight is 314 g/mol. The molecule has 0 bridgehead atoms. The molecule has 0 radical (unpaired) electrons. The van der Waals surface area contributed by atoms with Gasteiger partial charge >= 0.3 is 0 Å². The molecule has 1 aliphatic rings. The highest BCUT2D eigenvalue weighted by atomic mass is 35.5. The number of anilines is 1. The molecule has 1 aliphatic heterocycles. The summed E-state index contributed by atoms with van der Waals surface area (Å²) in [4.78, 5) is 11.2. The SMILES string of the molecule is Clc1ccccc1-n1ncc2c(N3CCCCC3)ncnc21. The fraction of sp³-hybridized carbons (Fsp3) is 0.312. The summed E-state index contributed by atoms with van der Waals surface area (Å²) in [6.07, 6.45) is 7.17. The maximum absolute atomic E-state index is 6.29. The van der Waals surface area contributed by atoms with Gasteiger partial charge in [-0.15, -0.1) is 0 Å². The molecule has 3 heterocycles. The van der Waals surface area contributed by atoms with E-state index in [4.69, 9.17) is 11.6 Å². The Kier molecular flexibility index (Phi) is 3.42. The number of nitrogens with zero attached hydrogens (tertiary/aromatic N) is 5. The number of halogens is 1. The highest BCUT2D eigenvalue weighted by molar-refractivity contribution is 6.32. The second-order valence-corrected chi connectivity index (χ2v) is 5.90. The first-order valence-electron chi connectivity index (χ1n) is 7.53. The predicted molar refractivity (Wildman–Crippen MR) is 87.7 cm³/mol. The van der Waals surface area contributed by atoms with Crippen molar-refractivity contribution in [1.29, 1.82) is 0 Å². The Morgan fingerprint density at radius 2 is 1.82 bits per heavy atom. The van der Waals surface area contributed by atoms with Crippen LogP contribution in [-0.4, -0.2) is 32.8 Å². The first-order chi connectivity index (χ1) is 10.8. The first kappa shape index (κ1) is 13.5. The van der Waals surface area contributed by atoms with Crippen molar-refractivity contribution >= 4 is 28.5 Å². The van der Waals surface area contributed by atoms with Gasteiger partial charge in [0.1, 0.15) is 12.1 Å². The molecule has 4 rings (SSSR count). The van der Waals surface area contributed by atoms with Crippen LogP contribution in [0, 0.1) is 0 Å². The first-order valence-corrected chi connectivity index (χ1v) is 7.91. The zero-order chi connectivity index (χ0) is 14.9. The topological polar surface area (TPSA) is 46.8 Å². The van der Waals surface area contributed by atoms with Gasteiger partial charge in [-0.1, -0.05) is 23.7 Å². The number of hydrogen-bond acceptors (Lipinski definition) is 4. The van der Waals surface area contributed by atoms with Crippen molar-refractivity contribution in [1.82, 2.24) is 19.7 Å². The van der Waals surface area contributed by atoms with E-state index >= 15 is 0 Å². The van der Waals surface area contributed by atoms with Crippen LogP contribution in [0.3, 0.4) is 0 Å². The van der Waals surface area contributed by atoms with E-state index in [0.29, 0.717) is 5.02 Å². The predicted octanol–water partition coefficient (Wildman–Crippen LogP) is 3.46. The van der Waals surface area contributed by atoms with Crippen LogP contribution >= 0.6 is 11.6 Å². The van der Waals surface area contributed by atoms with Crippen LogP contribution in [0.2, 0.25) is 5.02 Å². The molecule has 0 spiro atoms. The highest BCUT2D eigenvalue weighted by Crippen LogP contribution is 2.28. The third-order valence-electron chi connectivity index (χ3n) is 4.08. The van der Waals surface area contributed by atoms with Crippen LogP contribution in [0.5, 0.6) is 0 Å². The summed E-state index contributed by atoms with van der Waals surface area (Å²) in [6, 6.07) is 7.65. The molecule has 1 saturated heterocycles. The van der Waals surface area contributed by atoms with Crippen LogP contribution in [-0.2, 0) is 0 Å². The molecule has 0 atom stereocenters. The molecule has 5 nitrogen and oxygen atoms in total. The van der Waals surface area contributed by atoms with Gasteiger partial charge in [-0.2, -0.15) is 5.10 Å². The third-order valence-corrected chi connectivity index (χ3v) is 4.40. The van der Waals surface area contributed by atoms with Crippen LogP contribution in [0.25, 0.3) is 16.7 Å². The van der Waals surface area contributed by atoms with E-state index in [-0.39, 0.29) is 0 Å². The largest absolute Gasteiger partial charge is 0.356 e. The molecule has 0 saturated carbocycles. The molecule has 0 aliphatic carbocycles. The van der Waals surface area contributed by atoms with Gasteiger partial charge in [0.05, 0.1) is 22.3 Å². The lowest BCUT2D eigenvalue weighted by Gasteiger charge is -2.27. The van der Waals surface area contributed by atoms with Gasteiger partial charge in [0, 0.05) is 13.1 Å². The van der Waals surface area contributed by atoms with E-state index in [1.54, 1.807) is 11.0 Å². The summed E-state index contributed by atoms with van der Waals surface area (Å²) in [5.41, 5.74) is 1.63. The molecule has 3 aromatic rings. The molecule has 2 aromatic heterocycles. The molecule has 1 fully saturated rings. The molecule has 6 heteroatoms. The zero-order valence-electron chi connectivity index (χ0n) is 12.1. The fourth-order valence-corrected chi connectivity index (χ4v) is 3.21. The summed E-state index contributed by atoms with van der Waals surface area (Å²) in [5.74, 6) is 0.975. The van der Waals surface area contributed by atoms with E-state index < -0.39 is 0 Å². The average Bonchev–Trinajstić information content (AvgIpc) is 3.00. The molecule has 1 aromatic carbocycles. The standard InChI is InChI=1S/C16H16ClN5/c17-13-6-2-3-7-14(13)22-16-12(10-20-22)15(18-11-19-16)21-8-4-1-5-9-21/h2-3,6-7,10-11H,1,4-5,8-9H2. The second kappa shape index (κ2) is 5.57. The van der Waals surface area contributed by atoms with E-state index in [2.05, 4.69) is 20.0 Å². The van der Waals surface area contributed by atoms with Crippen molar-refractivity contribution in [2.45, 2.75) is 19.3 Å². The lowest BCUT2D eigenvalue weighted by atomic mass is 10.1. The van der Waals surface area contributed by atoms with Crippen molar-refractivity contribution < 1.29 is 0 Å². The lowest BCUT2D eigenvalue weighted by molar-refractivity contribution is 0.574. The Bertz CT molecular complexity index is 807. The summed E-state index contributed by atoms with van der Waals surface area (Å²) in [6.45, 7) is 2.09. The van der Waals surface area contributed by atoms with Gasteiger partial charge in [-0.25, -0.2) is 14.6 Å². The Morgan fingerprint density at radius 3 is 2.64 bits per heavy atom. The van der Waals surface area contributed by atoms with Crippen molar-refractivity contribution in [3.8, 4) is 5.69 Å². The molecular formula is C16H16ClN5. The minimum Gasteiger partial charge on any atom is -0.356 e. The van der Waals surface area contributed by atoms with Crippen LogP contribution in [0.15, 0.2) is 36.8 Å². The number of benzene rings is 1. The van der Waals surface area contributed by atoms with E-state index in [1.807, 2.05) is 30.5 Å². The minimum atomic E-state index is 0.658. The van der Waals surface area contributed by atoms with E-state index in [9.17, 15) is 0 Å². The molecule has 0 amide bonds. The lowest BCUT2D eigenvalue weighted by Crippen LogP contribution is -2.30. The minimum absolute atomic E-state index is 0.658. The number of rotatable bonds is 2. The number of hydrogen-bond donors (Lipinski definition) is 0.